The number of carbonyl (C=O) groups excluding carboxylic acids is 2. The van der Waals surface area contributed by atoms with Gasteiger partial charge in [-0.05, 0) is 18.1 Å². The number of nitrogens with two attached hydrogens (primary N) is 1. The Hall–Kier alpha value is -2.30. The SMILES string of the molecule is Cl.NCCN1CC(=O)N([C@H]2Cc3cccc(C(=O)O)c3OB2O)C1=O. The Balaban J connectivity index is 0.00000225. The van der Waals surface area contributed by atoms with Crippen molar-refractivity contribution < 1.29 is 29.2 Å². The van der Waals surface area contributed by atoms with E-state index in [-0.39, 0.29) is 49.8 Å². The number of rotatable bonds is 4. The van der Waals surface area contributed by atoms with Crippen LogP contribution in [0.25, 0.3) is 0 Å². The van der Waals surface area contributed by atoms with E-state index in [0.29, 0.717) is 5.56 Å². The number of hydrogen-bond acceptors (Lipinski definition) is 6. The Morgan fingerprint density at radius 2 is 2.12 bits per heavy atom. The highest BCUT2D eigenvalue weighted by Crippen LogP contribution is 2.32. The number of carbonyl (C=O) groups is 3. The van der Waals surface area contributed by atoms with Crippen LogP contribution in [0.5, 0.6) is 5.75 Å². The maximum Gasteiger partial charge on any atom is 0.547 e. The molecule has 2 aliphatic heterocycles. The highest BCUT2D eigenvalue weighted by Gasteiger charge is 2.49. The van der Waals surface area contributed by atoms with Gasteiger partial charge < -0.3 is 25.4 Å². The van der Waals surface area contributed by atoms with Crippen LogP contribution in [-0.2, 0) is 11.2 Å². The highest BCUT2D eigenvalue weighted by molar-refractivity contribution is 6.47. The number of carboxylic acids is 1. The van der Waals surface area contributed by atoms with Crippen LogP contribution in [0.15, 0.2) is 18.2 Å². The average Bonchev–Trinajstić information content (AvgIpc) is 2.80. The van der Waals surface area contributed by atoms with E-state index < -0.39 is 31.0 Å². The first kappa shape index (κ1) is 19.0. The van der Waals surface area contributed by atoms with Gasteiger partial charge in [0.25, 0.3) is 0 Å². The van der Waals surface area contributed by atoms with Crippen LogP contribution in [0.3, 0.4) is 0 Å². The number of nitrogens with zero attached hydrogens (tertiary/aromatic N) is 2. The number of benzene rings is 1. The summed E-state index contributed by atoms with van der Waals surface area (Å²) in [7, 11) is -1.50. The van der Waals surface area contributed by atoms with Gasteiger partial charge in [0.1, 0.15) is 12.3 Å². The summed E-state index contributed by atoms with van der Waals surface area (Å²) in [5, 5.41) is 19.4. The number of fused-ring (bicyclic) bond motifs is 1. The van der Waals surface area contributed by atoms with Gasteiger partial charge in [0.15, 0.2) is 0 Å². The van der Waals surface area contributed by atoms with E-state index in [9.17, 15) is 24.5 Å². The third kappa shape index (κ3) is 3.28. The lowest BCUT2D eigenvalue weighted by atomic mass is 9.71. The van der Waals surface area contributed by atoms with Gasteiger partial charge >= 0.3 is 19.1 Å². The minimum absolute atomic E-state index is 0. The first-order chi connectivity index (χ1) is 11.4. The van der Waals surface area contributed by atoms with E-state index >= 15 is 0 Å². The molecule has 3 amide bonds. The molecule has 1 aromatic carbocycles. The van der Waals surface area contributed by atoms with Crippen molar-refractivity contribution in [3.05, 3.63) is 29.3 Å². The number of amides is 3. The molecule has 4 N–H and O–H groups in total. The fraction of sp³-hybridized carbons (Fsp3) is 0.357. The van der Waals surface area contributed by atoms with Crippen molar-refractivity contribution >= 4 is 37.4 Å². The lowest BCUT2D eigenvalue weighted by molar-refractivity contribution is -0.126. The monoisotopic (exact) mass is 369 g/mol. The van der Waals surface area contributed by atoms with Crippen LogP contribution in [0.4, 0.5) is 4.79 Å². The Morgan fingerprint density at radius 1 is 1.40 bits per heavy atom. The second-order valence-corrected chi connectivity index (χ2v) is 5.64. The molecule has 2 aliphatic rings. The summed E-state index contributed by atoms with van der Waals surface area (Å²) >= 11 is 0. The number of halogens is 1. The zero-order valence-electron chi connectivity index (χ0n) is 13.1. The van der Waals surface area contributed by atoms with E-state index in [1.54, 1.807) is 12.1 Å². The van der Waals surface area contributed by atoms with Crippen molar-refractivity contribution in [2.45, 2.75) is 12.4 Å². The van der Waals surface area contributed by atoms with Crippen molar-refractivity contribution in [3.63, 3.8) is 0 Å². The molecule has 2 heterocycles. The van der Waals surface area contributed by atoms with Crippen LogP contribution >= 0.6 is 12.4 Å². The minimum atomic E-state index is -1.50. The first-order valence-corrected chi connectivity index (χ1v) is 7.45. The largest absolute Gasteiger partial charge is 0.547 e. The molecule has 1 aromatic rings. The Kier molecular flexibility index (Phi) is 5.56. The fourth-order valence-electron chi connectivity index (χ4n) is 3.02. The average molecular weight is 370 g/mol. The molecule has 3 rings (SSSR count). The van der Waals surface area contributed by atoms with Gasteiger partial charge in [-0.3, -0.25) is 9.69 Å². The number of hydrogen-bond donors (Lipinski definition) is 3. The van der Waals surface area contributed by atoms with Crippen LogP contribution in [0.1, 0.15) is 15.9 Å². The summed E-state index contributed by atoms with van der Waals surface area (Å²) in [5.41, 5.74) is 5.86. The van der Waals surface area contributed by atoms with Gasteiger partial charge in [-0.25, -0.2) is 9.59 Å². The van der Waals surface area contributed by atoms with E-state index in [4.69, 9.17) is 10.4 Å². The molecule has 1 fully saturated rings. The molecule has 9 nitrogen and oxygen atoms in total. The van der Waals surface area contributed by atoms with E-state index in [1.165, 1.54) is 11.0 Å². The van der Waals surface area contributed by atoms with Gasteiger partial charge in [0, 0.05) is 13.1 Å². The van der Waals surface area contributed by atoms with Gasteiger partial charge in [0.2, 0.25) is 5.91 Å². The molecule has 1 saturated heterocycles. The van der Waals surface area contributed by atoms with Crippen LogP contribution < -0.4 is 10.4 Å². The van der Waals surface area contributed by atoms with Gasteiger partial charge in [-0.15, -0.1) is 12.4 Å². The summed E-state index contributed by atoms with van der Waals surface area (Å²) < 4.78 is 5.33. The Morgan fingerprint density at radius 3 is 2.76 bits per heavy atom. The molecule has 134 valence electrons. The first-order valence-electron chi connectivity index (χ1n) is 7.45. The number of imide groups is 1. The summed E-state index contributed by atoms with van der Waals surface area (Å²) in [4.78, 5) is 38.0. The van der Waals surface area contributed by atoms with Gasteiger partial charge in [-0.1, -0.05) is 12.1 Å². The molecule has 0 saturated carbocycles. The Bertz CT molecular complexity index is 718. The van der Waals surface area contributed by atoms with Gasteiger partial charge in [-0.2, -0.15) is 0 Å². The van der Waals surface area contributed by atoms with E-state index in [0.717, 1.165) is 4.90 Å². The quantitative estimate of drug-likeness (QED) is 0.474. The molecule has 11 heteroatoms. The third-order valence-electron chi connectivity index (χ3n) is 4.13. The number of aromatic carboxylic acids is 1. The number of carboxylic acid groups (broad SMARTS) is 1. The van der Waals surface area contributed by atoms with Gasteiger partial charge in [0.05, 0.1) is 11.5 Å². The van der Waals surface area contributed by atoms with Crippen LogP contribution in [0, 0.1) is 0 Å². The predicted octanol–water partition coefficient (Wildman–Crippen LogP) is -0.647. The molecule has 0 aromatic heterocycles. The standard InChI is InChI=1S/C14H16BN3O6.ClH/c16-4-5-17-7-11(19)18(14(17)22)10-6-8-2-1-3-9(13(20)21)12(8)24-15(10)23;/h1-3,10,23H,4-7,16H2,(H,20,21);1H/t10-;/m0./s1. The Labute approximate surface area is 149 Å². The van der Waals surface area contributed by atoms with Crippen molar-refractivity contribution in [1.29, 1.82) is 0 Å². The maximum atomic E-state index is 12.4. The smallest absolute Gasteiger partial charge is 0.534 e. The molecule has 0 unspecified atom stereocenters. The second-order valence-electron chi connectivity index (χ2n) is 5.64. The summed E-state index contributed by atoms with van der Waals surface area (Å²) in [6.45, 7) is 0.368. The molecular weight excluding hydrogens is 352 g/mol. The van der Waals surface area contributed by atoms with E-state index in [1.807, 2.05) is 0 Å². The lowest BCUT2D eigenvalue weighted by Crippen LogP contribution is -2.55. The van der Waals surface area contributed by atoms with E-state index in [2.05, 4.69) is 0 Å². The second kappa shape index (κ2) is 7.30. The lowest BCUT2D eigenvalue weighted by Gasteiger charge is -2.32. The fourth-order valence-corrected chi connectivity index (χ4v) is 3.02. The number of para-hydroxylation sites is 1. The molecule has 1 atom stereocenters. The molecule has 0 bridgehead atoms. The third-order valence-corrected chi connectivity index (χ3v) is 4.13. The number of urea groups is 1. The highest BCUT2D eigenvalue weighted by atomic mass is 35.5. The maximum absolute atomic E-state index is 12.4. The zero-order valence-corrected chi connectivity index (χ0v) is 13.9. The van der Waals surface area contributed by atoms with Crippen molar-refractivity contribution in [2.75, 3.05) is 19.6 Å². The normalized spacial score (nSPS) is 19.4. The molecule has 0 spiro atoms. The van der Waals surface area contributed by atoms with Crippen LogP contribution in [-0.4, -0.2) is 70.5 Å². The topological polar surface area (TPSA) is 133 Å². The van der Waals surface area contributed by atoms with Crippen molar-refractivity contribution in [1.82, 2.24) is 9.80 Å². The minimum Gasteiger partial charge on any atom is -0.534 e. The summed E-state index contributed by atoms with van der Waals surface area (Å²) in [5.74, 6) is -2.48. The summed E-state index contributed by atoms with van der Waals surface area (Å²) in [6, 6.07) is 4.03. The van der Waals surface area contributed by atoms with Crippen molar-refractivity contribution in [2.24, 2.45) is 5.73 Å². The predicted molar refractivity (Wildman–Crippen MR) is 89.6 cm³/mol. The van der Waals surface area contributed by atoms with Crippen molar-refractivity contribution in [3.8, 4) is 5.75 Å². The zero-order chi connectivity index (χ0) is 17.4. The molecular formula is C14H17BClN3O6. The molecule has 0 radical (unpaired) electrons. The molecule has 25 heavy (non-hydrogen) atoms. The molecule has 0 aliphatic carbocycles. The summed E-state index contributed by atoms with van der Waals surface area (Å²) in [6.07, 6.45) is 0.117. The van der Waals surface area contributed by atoms with Crippen LogP contribution in [0.2, 0.25) is 0 Å².